The highest BCUT2D eigenvalue weighted by atomic mass is 19.3. The standard InChI is InChI=1S/C14H19F2N3/c15-14(16)6-9-19(10-7-14)13-5-1-3-12(18-13)11-4-2-8-17-11/h1,3,5,11,17H,2,4,6-10H2. The molecule has 3 nitrogen and oxygen atoms in total. The van der Waals surface area contributed by atoms with E-state index in [9.17, 15) is 8.78 Å². The van der Waals surface area contributed by atoms with E-state index in [0.717, 1.165) is 24.5 Å². The van der Waals surface area contributed by atoms with Gasteiger partial charge in [0, 0.05) is 32.0 Å². The molecule has 0 aromatic carbocycles. The summed E-state index contributed by atoms with van der Waals surface area (Å²) in [6.07, 6.45) is 2.14. The molecule has 0 bridgehead atoms. The van der Waals surface area contributed by atoms with Gasteiger partial charge in [0.2, 0.25) is 0 Å². The van der Waals surface area contributed by atoms with Gasteiger partial charge in [0.1, 0.15) is 5.82 Å². The number of hydrogen-bond acceptors (Lipinski definition) is 3. The Morgan fingerprint density at radius 3 is 2.74 bits per heavy atom. The lowest BCUT2D eigenvalue weighted by Crippen LogP contribution is -2.39. The topological polar surface area (TPSA) is 28.2 Å². The molecule has 1 aromatic heterocycles. The number of hydrogen-bond donors (Lipinski definition) is 1. The molecule has 0 radical (unpaired) electrons. The van der Waals surface area contributed by atoms with Crippen molar-refractivity contribution in [2.24, 2.45) is 0 Å². The van der Waals surface area contributed by atoms with E-state index in [-0.39, 0.29) is 12.8 Å². The van der Waals surface area contributed by atoms with Crippen LogP contribution in [-0.4, -0.2) is 30.5 Å². The minimum absolute atomic E-state index is 0.0689. The lowest BCUT2D eigenvalue weighted by atomic mass is 10.1. The fourth-order valence-electron chi connectivity index (χ4n) is 2.81. The van der Waals surface area contributed by atoms with E-state index in [1.54, 1.807) is 0 Å². The molecule has 1 unspecified atom stereocenters. The number of aromatic nitrogens is 1. The Morgan fingerprint density at radius 2 is 2.05 bits per heavy atom. The number of nitrogens with one attached hydrogen (secondary N) is 1. The second kappa shape index (κ2) is 5.04. The van der Waals surface area contributed by atoms with Crippen molar-refractivity contribution < 1.29 is 8.78 Å². The monoisotopic (exact) mass is 267 g/mol. The number of nitrogens with zero attached hydrogens (tertiary/aromatic N) is 2. The first-order chi connectivity index (χ1) is 9.14. The molecule has 1 N–H and O–H groups in total. The molecule has 0 aliphatic carbocycles. The van der Waals surface area contributed by atoms with E-state index in [1.807, 2.05) is 23.1 Å². The van der Waals surface area contributed by atoms with Crippen LogP contribution < -0.4 is 10.2 Å². The van der Waals surface area contributed by atoms with Crippen LogP contribution in [0.2, 0.25) is 0 Å². The predicted octanol–water partition coefficient (Wildman–Crippen LogP) is 2.74. The molecule has 5 heteroatoms. The SMILES string of the molecule is FC1(F)CCN(c2cccc(C3CCCN3)n2)CC1. The minimum atomic E-state index is -2.50. The summed E-state index contributed by atoms with van der Waals surface area (Å²) in [5, 5.41) is 3.42. The fraction of sp³-hybridized carbons (Fsp3) is 0.643. The summed E-state index contributed by atoms with van der Waals surface area (Å²) in [5.41, 5.74) is 1.03. The molecule has 1 atom stereocenters. The molecule has 19 heavy (non-hydrogen) atoms. The lowest BCUT2D eigenvalue weighted by molar-refractivity contribution is -0.0221. The zero-order valence-electron chi connectivity index (χ0n) is 10.9. The Balaban J connectivity index is 1.72. The van der Waals surface area contributed by atoms with Gasteiger partial charge in [0.25, 0.3) is 5.92 Å². The molecule has 2 aliphatic heterocycles. The van der Waals surface area contributed by atoms with Crippen LogP contribution >= 0.6 is 0 Å². The largest absolute Gasteiger partial charge is 0.356 e. The molecule has 1 aromatic rings. The average molecular weight is 267 g/mol. The summed E-state index contributed by atoms with van der Waals surface area (Å²) < 4.78 is 26.3. The van der Waals surface area contributed by atoms with Crippen molar-refractivity contribution in [2.75, 3.05) is 24.5 Å². The zero-order chi connectivity index (χ0) is 13.3. The first-order valence-electron chi connectivity index (χ1n) is 6.97. The maximum absolute atomic E-state index is 13.2. The second-order valence-corrected chi connectivity index (χ2v) is 5.41. The van der Waals surface area contributed by atoms with E-state index < -0.39 is 5.92 Å². The van der Waals surface area contributed by atoms with Gasteiger partial charge in [-0.15, -0.1) is 0 Å². The molecule has 3 heterocycles. The lowest BCUT2D eigenvalue weighted by Gasteiger charge is -2.32. The minimum Gasteiger partial charge on any atom is -0.356 e. The van der Waals surface area contributed by atoms with Crippen molar-refractivity contribution in [1.29, 1.82) is 0 Å². The Bertz CT molecular complexity index is 434. The molecule has 3 rings (SSSR count). The highest BCUT2D eigenvalue weighted by molar-refractivity contribution is 5.40. The van der Waals surface area contributed by atoms with Gasteiger partial charge in [-0.3, -0.25) is 0 Å². The van der Waals surface area contributed by atoms with Gasteiger partial charge in [-0.1, -0.05) is 6.07 Å². The molecule has 0 spiro atoms. The summed E-state index contributed by atoms with van der Waals surface area (Å²) >= 11 is 0. The second-order valence-electron chi connectivity index (χ2n) is 5.41. The third kappa shape index (κ3) is 2.86. The van der Waals surface area contributed by atoms with Gasteiger partial charge in [-0.25, -0.2) is 13.8 Å². The van der Waals surface area contributed by atoms with Crippen molar-refractivity contribution in [1.82, 2.24) is 10.3 Å². The van der Waals surface area contributed by atoms with Crippen molar-refractivity contribution in [3.05, 3.63) is 23.9 Å². The predicted molar refractivity (Wildman–Crippen MR) is 70.6 cm³/mol. The van der Waals surface area contributed by atoms with Crippen LogP contribution in [0.4, 0.5) is 14.6 Å². The third-order valence-corrected chi connectivity index (χ3v) is 3.99. The highest BCUT2D eigenvalue weighted by Gasteiger charge is 2.34. The zero-order valence-corrected chi connectivity index (χ0v) is 10.9. The molecule has 2 aliphatic rings. The van der Waals surface area contributed by atoms with Crippen LogP contribution in [0.3, 0.4) is 0 Å². The molecule has 2 saturated heterocycles. The molecule has 2 fully saturated rings. The maximum atomic E-state index is 13.2. The first-order valence-corrected chi connectivity index (χ1v) is 6.97. The number of halogens is 2. The van der Waals surface area contributed by atoms with Gasteiger partial charge < -0.3 is 10.2 Å². The molecule has 0 saturated carbocycles. The summed E-state index contributed by atoms with van der Waals surface area (Å²) in [5.74, 6) is -1.66. The van der Waals surface area contributed by atoms with Crippen molar-refractivity contribution in [3.63, 3.8) is 0 Å². The Hall–Kier alpha value is -1.23. The maximum Gasteiger partial charge on any atom is 0.251 e. The Morgan fingerprint density at radius 1 is 1.26 bits per heavy atom. The molecular formula is C14H19F2N3. The summed E-state index contributed by atoms with van der Waals surface area (Å²) in [6, 6.07) is 6.24. The average Bonchev–Trinajstić information content (AvgIpc) is 2.93. The van der Waals surface area contributed by atoms with Crippen LogP contribution in [0.15, 0.2) is 18.2 Å². The van der Waals surface area contributed by atoms with Gasteiger partial charge >= 0.3 is 0 Å². The molecule has 0 amide bonds. The number of anilines is 1. The quantitative estimate of drug-likeness (QED) is 0.893. The van der Waals surface area contributed by atoms with E-state index in [0.29, 0.717) is 19.1 Å². The van der Waals surface area contributed by atoms with Crippen molar-refractivity contribution in [2.45, 2.75) is 37.6 Å². The van der Waals surface area contributed by atoms with Gasteiger partial charge in [0.15, 0.2) is 0 Å². The van der Waals surface area contributed by atoms with Gasteiger partial charge in [-0.05, 0) is 31.5 Å². The number of piperidine rings is 1. The fourth-order valence-corrected chi connectivity index (χ4v) is 2.81. The number of alkyl halides is 2. The first kappa shape index (κ1) is 12.8. The van der Waals surface area contributed by atoms with Gasteiger partial charge in [0.05, 0.1) is 5.69 Å². The summed E-state index contributed by atoms with van der Waals surface area (Å²) in [7, 11) is 0. The summed E-state index contributed by atoms with van der Waals surface area (Å²) in [4.78, 5) is 6.61. The van der Waals surface area contributed by atoms with Crippen LogP contribution in [0, 0.1) is 0 Å². The highest BCUT2D eigenvalue weighted by Crippen LogP contribution is 2.30. The van der Waals surface area contributed by atoms with Crippen LogP contribution in [0.25, 0.3) is 0 Å². The van der Waals surface area contributed by atoms with E-state index in [2.05, 4.69) is 10.3 Å². The van der Waals surface area contributed by atoms with Crippen LogP contribution in [-0.2, 0) is 0 Å². The summed E-state index contributed by atoms with van der Waals surface area (Å²) in [6.45, 7) is 1.82. The number of pyridine rings is 1. The molecular weight excluding hydrogens is 248 g/mol. The van der Waals surface area contributed by atoms with E-state index >= 15 is 0 Å². The van der Waals surface area contributed by atoms with Gasteiger partial charge in [-0.2, -0.15) is 0 Å². The third-order valence-electron chi connectivity index (χ3n) is 3.99. The van der Waals surface area contributed by atoms with E-state index in [1.165, 1.54) is 6.42 Å². The van der Waals surface area contributed by atoms with Crippen LogP contribution in [0.5, 0.6) is 0 Å². The molecule has 104 valence electrons. The van der Waals surface area contributed by atoms with Crippen molar-refractivity contribution in [3.8, 4) is 0 Å². The smallest absolute Gasteiger partial charge is 0.251 e. The van der Waals surface area contributed by atoms with Crippen LogP contribution in [0.1, 0.15) is 37.4 Å². The number of rotatable bonds is 2. The Kier molecular flexibility index (Phi) is 3.39. The normalized spacial score (nSPS) is 26.6. The van der Waals surface area contributed by atoms with Crippen molar-refractivity contribution >= 4 is 5.82 Å². The Labute approximate surface area is 112 Å². The van der Waals surface area contributed by atoms with E-state index in [4.69, 9.17) is 0 Å².